The standard InChI is InChI=1S/C13H10BrClN2O2S/c1-7-11(10(18)6-14)20-13(16-7)17-12(19)8-2-4-9(15)5-3-8/h2-5H,6H2,1H3,(H,16,17,19). The molecule has 0 aliphatic heterocycles. The van der Waals surface area contributed by atoms with Gasteiger partial charge in [0, 0.05) is 10.6 Å². The summed E-state index contributed by atoms with van der Waals surface area (Å²) in [4.78, 5) is 28.4. The number of carbonyl (C=O) groups excluding carboxylic acids is 2. The van der Waals surface area contributed by atoms with Crippen LogP contribution < -0.4 is 5.32 Å². The van der Waals surface area contributed by atoms with Gasteiger partial charge in [0.05, 0.1) is 15.9 Å². The largest absolute Gasteiger partial charge is 0.298 e. The van der Waals surface area contributed by atoms with Crippen LogP contribution in [0.4, 0.5) is 5.13 Å². The molecule has 2 rings (SSSR count). The van der Waals surface area contributed by atoms with Crippen LogP contribution >= 0.6 is 38.9 Å². The van der Waals surface area contributed by atoms with Gasteiger partial charge in [0.2, 0.25) is 0 Å². The van der Waals surface area contributed by atoms with E-state index in [1.165, 1.54) is 11.3 Å². The predicted octanol–water partition coefficient (Wildman–Crippen LogP) is 3.93. The molecule has 0 unspecified atom stereocenters. The molecule has 4 nitrogen and oxygen atoms in total. The van der Waals surface area contributed by atoms with E-state index < -0.39 is 0 Å². The zero-order valence-corrected chi connectivity index (χ0v) is 13.6. The van der Waals surface area contributed by atoms with E-state index in [2.05, 4.69) is 26.2 Å². The molecule has 0 spiro atoms. The Hall–Kier alpha value is -1.24. The number of alkyl halides is 1. The number of halogens is 2. The van der Waals surface area contributed by atoms with Crippen molar-refractivity contribution in [2.75, 3.05) is 10.6 Å². The summed E-state index contributed by atoms with van der Waals surface area (Å²) in [5.74, 6) is -0.333. The molecule has 0 bridgehead atoms. The number of hydrogen-bond acceptors (Lipinski definition) is 4. The fourth-order valence-electron chi connectivity index (χ4n) is 1.54. The van der Waals surface area contributed by atoms with E-state index in [0.717, 1.165) is 0 Å². The monoisotopic (exact) mass is 372 g/mol. The molecule has 0 saturated carbocycles. The number of aryl methyl sites for hydroxylation is 1. The number of carbonyl (C=O) groups is 2. The SMILES string of the molecule is Cc1nc(NC(=O)c2ccc(Cl)cc2)sc1C(=O)CBr. The second-order valence-corrected chi connectivity index (χ2v) is 5.95. The summed E-state index contributed by atoms with van der Waals surface area (Å²) in [5, 5.41) is 3.89. The molecule has 2 aromatic rings. The summed E-state index contributed by atoms with van der Waals surface area (Å²) in [5.41, 5.74) is 1.10. The summed E-state index contributed by atoms with van der Waals surface area (Å²) in [7, 11) is 0. The first-order valence-electron chi connectivity index (χ1n) is 5.64. The van der Waals surface area contributed by atoms with E-state index in [-0.39, 0.29) is 17.0 Å². The molecule has 0 atom stereocenters. The first-order chi connectivity index (χ1) is 9.51. The second-order valence-electron chi connectivity index (χ2n) is 3.95. The van der Waals surface area contributed by atoms with Gasteiger partial charge < -0.3 is 0 Å². The van der Waals surface area contributed by atoms with Crippen molar-refractivity contribution in [1.29, 1.82) is 0 Å². The molecule has 20 heavy (non-hydrogen) atoms. The lowest BCUT2D eigenvalue weighted by atomic mass is 10.2. The van der Waals surface area contributed by atoms with E-state index in [0.29, 0.717) is 26.3 Å². The third kappa shape index (κ3) is 3.45. The van der Waals surface area contributed by atoms with Crippen molar-refractivity contribution >= 4 is 55.7 Å². The number of nitrogens with one attached hydrogen (secondary N) is 1. The zero-order chi connectivity index (χ0) is 14.7. The lowest BCUT2D eigenvalue weighted by Crippen LogP contribution is -2.11. The maximum Gasteiger partial charge on any atom is 0.257 e. The normalized spacial score (nSPS) is 10.3. The van der Waals surface area contributed by atoms with E-state index in [9.17, 15) is 9.59 Å². The average molecular weight is 374 g/mol. The topological polar surface area (TPSA) is 59.1 Å². The van der Waals surface area contributed by atoms with Crippen molar-refractivity contribution in [3.63, 3.8) is 0 Å². The van der Waals surface area contributed by atoms with Gasteiger partial charge in [-0.25, -0.2) is 4.98 Å². The van der Waals surface area contributed by atoms with Crippen LogP contribution in [0.25, 0.3) is 0 Å². The third-order valence-corrected chi connectivity index (χ3v) is 4.37. The highest BCUT2D eigenvalue weighted by Gasteiger charge is 2.16. The Balaban J connectivity index is 2.16. The average Bonchev–Trinajstić information content (AvgIpc) is 2.79. The van der Waals surface area contributed by atoms with E-state index in [4.69, 9.17) is 11.6 Å². The summed E-state index contributed by atoms with van der Waals surface area (Å²) in [6.45, 7) is 1.74. The van der Waals surface area contributed by atoms with Gasteiger partial charge in [0.15, 0.2) is 10.9 Å². The number of amides is 1. The van der Waals surface area contributed by atoms with Crippen LogP contribution in [0.15, 0.2) is 24.3 Å². The van der Waals surface area contributed by atoms with Crippen molar-refractivity contribution in [3.8, 4) is 0 Å². The molecule has 0 saturated heterocycles. The van der Waals surface area contributed by atoms with Gasteiger partial charge in [-0.1, -0.05) is 38.9 Å². The Bertz CT molecular complexity index is 655. The van der Waals surface area contributed by atoms with Crippen LogP contribution in [0.2, 0.25) is 5.02 Å². The molecule has 7 heteroatoms. The number of nitrogens with zero attached hydrogens (tertiary/aromatic N) is 1. The lowest BCUT2D eigenvalue weighted by molar-refractivity contribution is 0.101. The number of thiazole rings is 1. The minimum atomic E-state index is -0.284. The first kappa shape index (κ1) is 15.2. The van der Waals surface area contributed by atoms with Gasteiger partial charge >= 0.3 is 0 Å². The van der Waals surface area contributed by atoms with E-state index in [1.807, 2.05) is 0 Å². The second kappa shape index (κ2) is 6.47. The van der Waals surface area contributed by atoms with Crippen molar-refractivity contribution in [1.82, 2.24) is 4.98 Å². The van der Waals surface area contributed by atoms with Crippen molar-refractivity contribution in [2.24, 2.45) is 0 Å². The Kier molecular flexibility index (Phi) is 4.91. The fraction of sp³-hybridized carbons (Fsp3) is 0.154. The summed E-state index contributed by atoms with van der Waals surface area (Å²) < 4.78 is 0. The molecule has 1 aromatic carbocycles. The highest BCUT2D eigenvalue weighted by atomic mass is 79.9. The van der Waals surface area contributed by atoms with Gasteiger partial charge in [-0.2, -0.15) is 0 Å². The van der Waals surface area contributed by atoms with Crippen LogP contribution in [-0.4, -0.2) is 22.0 Å². The highest BCUT2D eigenvalue weighted by molar-refractivity contribution is 9.09. The minimum absolute atomic E-state index is 0.0491. The van der Waals surface area contributed by atoms with Crippen LogP contribution in [0.1, 0.15) is 25.7 Å². The number of anilines is 1. The molecular weight excluding hydrogens is 364 g/mol. The molecule has 0 aliphatic rings. The van der Waals surface area contributed by atoms with Gasteiger partial charge in [0.1, 0.15) is 0 Å². The predicted molar refractivity (Wildman–Crippen MR) is 84.4 cm³/mol. The Morgan fingerprint density at radius 2 is 2.00 bits per heavy atom. The number of benzene rings is 1. The summed E-state index contributed by atoms with van der Waals surface area (Å²) in [6.07, 6.45) is 0. The maximum atomic E-state index is 12.0. The van der Waals surface area contributed by atoms with E-state index >= 15 is 0 Å². The minimum Gasteiger partial charge on any atom is -0.298 e. The lowest BCUT2D eigenvalue weighted by Gasteiger charge is -2.01. The van der Waals surface area contributed by atoms with Crippen LogP contribution in [-0.2, 0) is 0 Å². The van der Waals surface area contributed by atoms with Crippen LogP contribution in [0, 0.1) is 6.92 Å². The van der Waals surface area contributed by atoms with Crippen LogP contribution in [0.5, 0.6) is 0 Å². The smallest absolute Gasteiger partial charge is 0.257 e. The van der Waals surface area contributed by atoms with Crippen molar-refractivity contribution in [2.45, 2.75) is 6.92 Å². The molecule has 0 aliphatic carbocycles. The van der Waals surface area contributed by atoms with Gasteiger partial charge in [-0.15, -0.1) is 0 Å². The third-order valence-electron chi connectivity index (χ3n) is 2.50. The Labute approximate surface area is 133 Å². The van der Waals surface area contributed by atoms with Gasteiger partial charge in [-0.05, 0) is 31.2 Å². The molecule has 1 aromatic heterocycles. The Morgan fingerprint density at radius 3 is 2.60 bits per heavy atom. The fourth-order valence-corrected chi connectivity index (χ4v) is 3.03. The maximum absolute atomic E-state index is 12.0. The number of aromatic nitrogens is 1. The molecule has 1 heterocycles. The molecule has 0 fully saturated rings. The number of hydrogen-bond donors (Lipinski definition) is 1. The Morgan fingerprint density at radius 1 is 1.35 bits per heavy atom. The quantitative estimate of drug-likeness (QED) is 0.652. The van der Waals surface area contributed by atoms with Crippen LogP contribution in [0.3, 0.4) is 0 Å². The molecular formula is C13H10BrClN2O2S. The summed E-state index contributed by atoms with van der Waals surface area (Å²) >= 11 is 10.1. The highest BCUT2D eigenvalue weighted by Crippen LogP contribution is 2.24. The summed E-state index contributed by atoms with van der Waals surface area (Å²) in [6, 6.07) is 6.54. The molecule has 104 valence electrons. The molecule has 1 amide bonds. The number of ketones is 1. The molecule has 1 N–H and O–H groups in total. The number of Topliss-reactive ketones (excluding diaryl/α,β-unsaturated/α-hetero) is 1. The number of rotatable bonds is 4. The van der Waals surface area contributed by atoms with Gasteiger partial charge in [0.25, 0.3) is 5.91 Å². The first-order valence-corrected chi connectivity index (χ1v) is 7.96. The van der Waals surface area contributed by atoms with Crippen molar-refractivity contribution < 1.29 is 9.59 Å². The van der Waals surface area contributed by atoms with Crippen molar-refractivity contribution in [3.05, 3.63) is 45.4 Å². The van der Waals surface area contributed by atoms with Gasteiger partial charge in [-0.3, -0.25) is 14.9 Å². The van der Waals surface area contributed by atoms with E-state index in [1.54, 1.807) is 31.2 Å². The zero-order valence-electron chi connectivity index (χ0n) is 10.4. The molecule has 0 radical (unpaired) electrons.